The van der Waals surface area contributed by atoms with E-state index in [-0.39, 0.29) is 5.69 Å². The van der Waals surface area contributed by atoms with Crippen LogP contribution in [0, 0.1) is 27.4 Å². The number of hydrogen-bond donors (Lipinski definition) is 1. The second kappa shape index (κ2) is 7.76. The molecule has 6 heteroatoms. The lowest BCUT2D eigenvalue weighted by Crippen LogP contribution is -2.35. The smallest absolute Gasteiger partial charge is 0.270 e. The van der Waals surface area contributed by atoms with Gasteiger partial charge in [0.25, 0.3) is 5.69 Å². The molecule has 1 aromatic carbocycles. The summed E-state index contributed by atoms with van der Waals surface area (Å²) in [6.07, 6.45) is 3.89. The Kier molecular flexibility index (Phi) is 5.73. The van der Waals surface area contributed by atoms with Gasteiger partial charge in [-0.05, 0) is 37.9 Å². The third-order valence-electron chi connectivity index (χ3n) is 3.99. The molecule has 1 N–H and O–H groups in total. The van der Waals surface area contributed by atoms with Gasteiger partial charge in [0, 0.05) is 25.2 Å². The molecular formula is C16H22N4O2. The van der Waals surface area contributed by atoms with E-state index in [4.69, 9.17) is 5.26 Å². The van der Waals surface area contributed by atoms with E-state index >= 15 is 0 Å². The zero-order valence-electron chi connectivity index (χ0n) is 12.9. The predicted molar refractivity (Wildman–Crippen MR) is 85.8 cm³/mol. The molecule has 0 bridgehead atoms. The average molecular weight is 302 g/mol. The van der Waals surface area contributed by atoms with Gasteiger partial charge in [0.1, 0.15) is 6.07 Å². The summed E-state index contributed by atoms with van der Waals surface area (Å²) in [5.41, 5.74) is 0.932. The molecule has 1 atom stereocenters. The largest absolute Gasteiger partial charge is 0.384 e. The van der Waals surface area contributed by atoms with Gasteiger partial charge in [-0.1, -0.05) is 13.3 Å². The fourth-order valence-corrected chi connectivity index (χ4v) is 2.82. The Morgan fingerprint density at radius 2 is 2.14 bits per heavy atom. The summed E-state index contributed by atoms with van der Waals surface area (Å²) < 4.78 is 0. The number of non-ortho nitro benzene ring substituents is 1. The number of nitrogens with one attached hydrogen (secondary N) is 1. The van der Waals surface area contributed by atoms with Crippen molar-refractivity contribution in [3.63, 3.8) is 0 Å². The summed E-state index contributed by atoms with van der Waals surface area (Å²) in [5, 5.41) is 23.1. The monoisotopic (exact) mass is 302 g/mol. The Labute approximate surface area is 130 Å². The first-order valence-electron chi connectivity index (χ1n) is 7.75. The molecule has 2 rings (SSSR count). The number of nitro groups is 1. The van der Waals surface area contributed by atoms with Gasteiger partial charge in [0.15, 0.2) is 0 Å². The molecule has 0 aromatic heterocycles. The van der Waals surface area contributed by atoms with Gasteiger partial charge in [-0.2, -0.15) is 5.26 Å². The molecule has 0 radical (unpaired) electrons. The molecule has 1 aliphatic heterocycles. The number of rotatable bonds is 6. The number of nitro benzene ring substituents is 1. The van der Waals surface area contributed by atoms with Crippen molar-refractivity contribution in [2.75, 3.05) is 31.5 Å². The third-order valence-corrected chi connectivity index (χ3v) is 3.99. The molecule has 1 heterocycles. The summed E-state index contributed by atoms with van der Waals surface area (Å²) in [6, 6.07) is 6.38. The van der Waals surface area contributed by atoms with E-state index in [1.807, 2.05) is 6.07 Å². The Morgan fingerprint density at radius 1 is 1.41 bits per heavy atom. The minimum atomic E-state index is -0.483. The van der Waals surface area contributed by atoms with Crippen molar-refractivity contribution < 1.29 is 4.92 Å². The van der Waals surface area contributed by atoms with E-state index in [0.717, 1.165) is 13.1 Å². The quantitative estimate of drug-likeness (QED) is 0.645. The average Bonchev–Trinajstić information content (AvgIpc) is 2.53. The molecule has 22 heavy (non-hydrogen) atoms. The van der Waals surface area contributed by atoms with Crippen molar-refractivity contribution in [1.82, 2.24) is 4.90 Å². The van der Waals surface area contributed by atoms with Crippen LogP contribution in [0.2, 0.25) is 0 Å². The zero-order valence-corrected chi connectivity index (χ0v) is 12.9. The maximum absolute atomic E-state index is 10.7. The highest BCUT2D eigenvalue weighted by molar-refractivity contribution is 5.61. The Balaban J connectivity index is 1.90. The minimum absolute atomic E-state index is 0.0523. The first-order chi connectivity index (χ1) is 10.6. The number of piperidine rings is 1. The van der Waals surface area contributed by atoms with Crippen LogP contribution in [0.3, 0.4) is 0 Å². The van der Waals surface area contributed by atoms with E-state index < -0.39 is 4.92 Å². The lowest BCUT2D eigenvalue weighted by molar-refractivity contribution is -0.384. The number of hydrogen-bond acceptors (Lipinski definition) is 5. The second-order valence-electron chi connectivity index (χ2n) is 5.95. The Morgan fingerprint density at radius 3 is 2.77 bits per heavy atom. The molecule has 0 amide bonds. The molecule has 0 aliphatic carbocycles. The van der Waals surface area contributed by atoms with E-state index in [2.05, 4.69) is 17.1 Å². The van der Waals surface area contributed by atoms with Gasteiger partial charge in [-0.15, -0.1) is 0 Å². The summed E-state index contributed by atoms with van der Waals surface area (Å²) >= 11 is 0. The van der Waals surface area contributed by atoms with E-state index in [1.165, 1.54) is 44.5 Å². The summed E-state index contributed by atoms with van der Waals surface area (Å²) in [6.45, 7) is 6.32. The van der Waals surface area contributed by atoms with Crippen LogP contribution >= 0.6 is 0 Å². The van der Waals surface area contributed by atoms with Gasteiger partial charge in [-0.25, -0.2) is 0 Å². The molecule has 0 saturated carbocycles. The molecule has 1 aromatic rings. The van der Waals surface area contributed by atoms with Crippen LogP contribution in [-0.2, 0) is 0 Å². The van der Waals surface area contributed by atoms with Crippen LogP contribution in [-0.4, -0.2) is 36.0 Å². The van der Waals surface area contributed by atoms with Crippen LogP contribution in [0.15, 0.2) is 18.2 Å². The fraction of sp³-hybridized carbons (Fsp3) is 0.562. The number of benzene rings is 1. The molecule has 6 nitrogen and oxygen atoms in total. The number of likely N-dealkylation sites (tertiary alicyclic amines) is 1. The van der Waals surface area contributed by atoms with Gasteiger partial charge in [0.2, 0.25) is 0 Å². The van der Waals surface area contributed by atoms with Crippen LogP contribution in [0.25, 0.3) is 0 Å². The predicted octanol–water partition coefficient (Wildman–Crippen LogP) is 3.00. The maximum atomic E-state index is 10.7. The Hall–Kier alpha value is -2.13. The van der Waals surface area contributed by atoms with Crippen LogP contribution in [0.5, 0.6) is 0 Å². The number of nitrogens with zero attached hydrogens (tertiary/aromatic N) is 3. The highest BCUT2D eigenvalue weighted by Gasteiger charge is 2.15. The zero-order chi connectivity index (χ0) is 15.9. The first kappa shape index (κ1) is 16.2. The topological polar surface area (TPSA) is 82.2 Å². The minimum Gasteiger partial charge on any atom is -0.384 e. The van der Waals surface area contributed by atoms with E-state index in [0.29, 0.717) is 17.2 Å². The number of nitriles is 1. The first-order valence-corrected chi connectivity index (χ1v) is 7.75. The third kappa shape index (κ3) is 4.43. The van der Waals surface area contributed by atoms with E-state index in [9.17, 15) is 10.1 Å². The molecule has 118 valence electrons. The number of anilines is 1. The highest BCUT2D eigenvalue weighted by Crippen LogP contribution is 2.21. The van der Waals surface area contributed by atoms with Crippen LogP contribution in [0.4, 0.5) is 11.4 Å². The summed E-state index contributed by atoms with van der Waals surface area (Å²) in [4.78, 5) is 12.7. The van der Waals surface area contributed by atoms with Gasteiger partial charge < -0.3 is 10.2 Å². The molecular weight excluding hydrogens is 280 g/mol. The SMILES string of the molecule is CC(CNc1ccc([N+](=O)[O-])cc1C#N)CN1CCCCC1. The molecule has 1 unspecified atom stereocenters. The van der Waals surface area contributed by atoms with Crippen LogP contribution < -0.4 is 5.32 Å². The van der Waals surface area contributed by atoms with Crippen LogP contribution in [0.1, 0.15) is 31.7 Å². The van der Waals surface area contributed by atoms with Gasteiger partial charge >= 0.3 is 0 Å². The Bertz CT molecular complexity index is 562. The van der Waals surface area contributed by atoms with Crippen molar-refractivity contribution in [1.29, 1.82) is 5.26 Å². The maximum Gasteiger partial charge on any atom is 0.270 e. The van der Waals surface area contributed by atoms with Crippen molar-refractivity contribution in [2.24, 2.45) is 5.92 Å². The van der Waals surface area contributed by atoms with Crippen molar-refractivity contribution in [3.8, 4) is 6.07 Å². The fourth-order valence-electron chi connectivity index (χ4n) is 2.82. The van der Waals surface area contributed by atoms with Gasteiger partial charge in [0.05, 0.1) is 16.2 Å². The lowest BCUT2D eigenvalue weighted by atomic mass is 10.1. The van der Waals surface area contributed by atoms with Crippen molar-refractivity contribution in [3.05, 3.63) is 33.9 Å². The second-order valence-corrected chi connectivity index (χ2v) is 5.95. The van der Waals surface area contributed by atoms with Gasteiger partial charge in [-0.3, -0.25) is 10.1 Å². The molecule has 0 spiro atoms. The lowest BCUT2D eigenvalue weighted by Gasteiger charge is -2.29. The van der Waals surface area contributed by atoms with E-state index in [1.54, 1.807) is 6.07 Å². The summed E-state index contributed by atoms with van der Waals surface area (Å²) in [5.74, 6) is 0.458. The molecule has 1 fully saturated rings. The molecule has 1 aliphatic rings. The normalized spacial score (nSPS) is 16.7. The van der Waals surface area contributed by atoms with Crippen molar-refractivity contribution in [2.45, 2.75) is 26.2 Å². The van der Waals surface area contributed by atoms with Crippen molar-refractivity contribution >= 4 is 11.4 Å². The highest BCUT2D eigenvalue weighted by atomic mass is 16.6. The standard InChI is InChI=1S/C16H22N4O2/c1-13(12-19-7-3-2-4-8-19)11-18-16-6-5-15(20(21)22)9-14(16)10-17/h5-6,9,13,18H,2-4,7-8,11-12H2,1H3. The summed E-state index contributed by atoms with van der Waals surface area (Å²) in [7, 11) is 0. The molecule has 1 saturated heterocycles.